The molecule has 0 bridgehead atoms. The first-order chi connectivity index (χ1) is 10.2. The first-order valence-electron chi connectivity index (χ1n) is 6.14. The summed E-state index contributed by atoms with van der Waals surface area (Å²) in [5, 5.41) is 9.47. The second kappa shape index (κ2) is 4.77. The van der Waals surface area contributed by atoms with Crippen molar-refractivity contribution < 1.29 is 0 Å². The van der Waals surface area contributed by atoms with Gasteiger partial charge in [-0.05, 0) is 0 Å². The van der Waals surface area contributed by atoms with Crippen molar-refractivity contribution in [3.63, 3.8) is 0 Å². The molecule has 4 rings (SSSR count). The van der Waals surface area contributed by atoms with Gasteiger partial charge in [-0.3, -0.25) is 0 Å². The summed E-state index contributed by atoms with van der Waals surface area (Å²) in [6.07, 6.45) is 0. The van der Waals surface area contributed by atoms with Gasteiger partial charge in [-0.2, -0.15) is 0 Å². The quantitative estimate of drug-likeness (QED) is 0.487. The minimum absolute atomic E-state index is 0.0688. The number of rotatable bonds is 1. The van der Waals surface area contributed by atoms with Crippen LogP contribution in [0.2, 0.25) is 5.02 Å². The zero-order valence-electron chi connectivity index (χ0n) is 10.5. The van der Waals surface area contributed by atoms with Crippen LogP contribution in [0.15, 0.2) is 47.3 Å². The number of benzene rings is 2. The molecule has 5 nitrogen and oxygen atoms in total. The maximum atomic E-state index is 12.4. The number of nitrogens with zero attached hydrogens (tertiary/aromatic N) is 4. The van der Waals surface area contributed by atoms with Gasteiger partial charge < -0.3 is 0 Å². The van der Waals surface area contributed by atoms with E-state index in [1.54, 1.807) is 21.8 Å². The average Bonchev–Trinajstić information content (AvgIpc) is 2.84. The van der Waals surface area contributed by atoms with E-state index in [1.807, 2.05) is 24.3 Å². The van der Waals surface area contributed by atoms with Crippen LogP contribution in [-0.4, -0.2) is 33.5 Å². The van der Waals surface area contributed by atoms with Crippen molar-refractivity contribution in [2.24, 2.45) is 0 Å². The fraction of sp³-hybridized carbons (Fsp3) is 0. The van der Waals surface area contributed by atoms with Crippen molar-refractivity contribution in [2.45, 2.75) is 0 Å². The molecule has 0 fully saturated rings. The van der Waals surface area contributed by atoms with Gasteiger partial charge in [0.15, 0.2) is 0 Å². The summed E-state index contributed by atoms with van der Waals surface area (Å²) in [4.78, 5) is 16.8. The van der Waals surface area contributed by atoms with Crippen LogP contribution in [0.25, 0.3) is 26.6 Å². The summed E-state index contributed by atoms with van der Waals surface area (Å²) in [6, 6.07) is 12.8. The molecular formula is C14H7ClN4OSe. The van der Waals surface area contributed by atoms with E-state index in [-0.39, 0.29) is 20.3 Å². The van der Waals surface area contributed by atoms with E-state index in [0.29, 0.717) is 22.0 Å². The van der Waals surface area contributed by atoms with E-state index in [9.17, 15) is 4.79 Å². The molecule has 0 saturated heterocycles. The topological polar surface area (TPSA) is 60.7 Å². The van der Waals surface area contributed by atoms with Crippen molar-refractivity contribution in [3.05, 3.63) is 57.8 Å². The number of hydrogen-bond acceptors (Lipinski definition) is 4. The third-order valence-corrected chi connectivity index (χ3v) is 5.55. The van der Waals surface area contributed by atoms with E-state index < -0.39 is 0 Å². The molecule has 2 aromatic carbocycles. The molecule has 0 aliphatic heterocycles. The van der Waals surface area contributed by atoms with Crippen molar-refractivity contribution >= 4 is 47.0 Å². The molecule has 7 heteroatoms. The second-order valence-electron chi connectivity index (χ2n) is 4.43. The Bertz CT molecular complexity index is 1040. The SMILES string of the molecule is O=c1c2ccccc2[se]n1-c1nnc2cc(Cl)ccc2n1. The van der Waals surface area contributed by atoms with Crippen LogP contribution in [-0.2, 0) is 0 Å². The van der Waals surface area contributed by atoms with Crippen molar-refractivity contribution in [2.75, 3.05) is 0 Å². The molecule has 0 atom stereocenters. The van der Waals surface area contributed by atoms with Crippen LogP contribution < -0.4 is 5.56 Å². The normalized spacial score (nSPS) is 11.3. The van der Waals surface area contributed by atoms with E-state index in [1.165, 1.54) is 0 Å². The fourth-order valence-corrected chi connectivity index (χ4v) is 4.21. The summed E-state index contributed by atoms with van der Waals surface area (Å²) in [5.74, 6) is 0.339. The molecule has 0 aliphatic carbocycles. The molecule has 0 saturated carbocycles. The molecule has 2 heterocycles. The Kier molecular flexibility index (Phi) is 2.89. The van der Waals surface area contributed by atoms with E-state index in [0.717, 1.165) is 9.65 Å². The predicted molar refractivity (Wildman–Crippen MR) is 82.4 cm³/mol. The molecule has 2 aromatic heterocycles. The molecule has 0 spiro atoms. The molecule has 0 N–H and O–H groups in total. The van der Waals surface area contributed by atoms with Crippen LogP contribution in [0.5, 0.6) is 0 Å². The summed E-state index contributed by atoms with van der Waals surface area (Å²) >= 11 is 5.76. The fourth-order valence-electron chi connectivity index (χ4n) is 2.09. The number of fused-ring (bicyclic) bond motifs is 2. The van der Waals surface area contributed by atoms with Gasteiger partial charge in [0.2, 0.25) is 0 Å². The number of aromatic nitrogens is 4. The van der Waals surface area contributed by atoms with Crippen molar-refractivity contribution in [3.8, 4) is 5.95 Å². The summed E-state index contributed by atoms with van der Waals surface area (Å²) < 4.78 is 2.63. The monoisotopic (exact) mass is 362 g/mol. The number of hydrogen-bond donors (Lipinski definition) is 0. The van der Waals surface area contributed by atoms with E-state index in [2.05, 4.69) is 15.2 Å². The minimum atomic E-state index is -0.157. The summed E-state index contributed by atoms with van der Waals surface area (Å²) in [5.41, 5.74) is 1.22. The summed E-state index contributed by atoms with van der Waals surface area (Å²) in [7, 11) is 0. The Morgan fingerprint density at radius 1 is 1.05 bits per heavy atom. The Hall–Kier alpha value is -2.01. The Morgan fingerprint density at radius 2 is 1.90 bits per heavy atom. The zero-order chi connectivity index (χ0) is 14.4. The van der Waals surface area contributed by atoms with Crippen molar-refractivity contribution in [1.82, 2.24) is 18.7 Å². The molecule has 102 valence electrons. The first kappa shape index (κ1) is 12.7. The standard InChI is InChI=1S/C14H7ClN4OSe/c15-8-5-6-10-11(7-8)17-18-14(16-10)19-13(20)9-3-1-2-4-12(9)21-19/h1-7H. The van der Waals surface area contributed by atoms with Crippen LogP contribution in [0, 0.1) is 0 Å². The molecule has 0 aliphatic rings. The Morgan fingerprint density at radius 3 is 2.76 bits per heavy atom. The molecule has 0 amide bonds. The van der Waals surface area contributed by atoms with E-state index in [4.69, 9.17) is 11.6 Å². The van der Waals surface area contributed by atoms with Crippen LogP contribution in [0.1, 0.15) is 0 Å². The predicted octanol–water partition coefficient (Wildman–Crippen LogP) is 2.04. The van der Waals surface area contributed by atoms with Gasteiger partial charge >= 0.3 is 130 Å². The van der Waals surface area contributed by atoms with Crippen LogP contribution in [0.3, 0.4) is 0 Å². The first-order valence-corrected chi connectivity index (χ1v) is 8.14. The second-order valence-corrected chi connectivity index (χ2v) is 6.94. The number of halogens is 1. The van der Waals surface area contributed by atoms with Gasteiger partial charge in [0, 0.05) is 0 Å². The Balaban J connectivity index is 1.98. The van der Waals surface area contributed by atoms with Gasteiger partial charge in [0.1, 0.15) is 0 Å². The molecule has 0 unspecified atom stereocenters. The van der Waals surface area contributed by atoms with E-state index >= 15 is 0 Å². The zero-order valence-corrected chi connectivity index (χ0v) is 13.0. The summed E-state index contributed by atoms with van der Waals surface area (Å²) in [6.45, 7) is 0. The van der Waals surface area contributed by atoms with Crippen LogP contribution >= 0.6 is 11.6 Å². The molecule has 21 heavy (non-hydrogen) atoms. The van der Waals surface area contributed by atoms with Gasteiger partial charge in [-0.25, -0.2) is 0 Å². The molecule has 0 radical (unpaired) electrons. The third-order valence-electron chi connectivity index (χ3n) is 3.08. The third kappa shape index (κ3) is 2.08. The van der Waals surface area contributed by atoms with Crippen LogP contribution in [0.4, 0.5) is 0 Å². The van der Waals surface area contributed by atoms with Gasteiger partial charge in [-0.1, -0.05) is 0 Å². The van der Waals surface area contributed by atoms with Crippen molar-refractivity contribution in [1.29, 1.82) is 0 Å². The van der Waals surface area contributed by atoms with Gasteiger partial charge in [-0.15, -0.1) is 0 Å². The molecule has 4 aromatic rings. The van der Waals surface area contributed by atoms with Gasteiger partial charge in [0.05, 0.1) is 0 Å². The Labute approximate surface area is 129 Å². The molecular weight excluding hydrogens is 355 g/mol. The maximum absolute atomic E-state index is 12.4. The van der Waals surface area contributed by atoms with Gasteiger partial charge in [0.25, 0.3) is 0 Å². The average molecular weight is 362 g/mol.